The summed E-state index contributed by atoms with van der Waals surface area (Å²) in [6.45, 7) is 7.50. The van der Waals surface area contributed by atoms with Crippen molar-refractivity contribution in [1.82, 2.24) is 24.3 Å². The number of nitrogens with zero attached hydrogens (tertiary/aromatic N) is 5. The van der Waals surface area contributed by atoms with Crippen molar-refractivity contribution in [3.8, 4) is 0 Å². The number of likely N-dealkylation sites (N-methyl/N-ethyl adjacent to an activating group) is 1. The summed E-state index contributed by atoms with van der Waals surface area (Å²) in [6.07, 6.45) is 8.52. The lowest BCUT2D eigenvalue weighted by Gasteiger charge is -2.28. The number of pyridine rings is 1. The molecule has 0 N–H and O–H groups in total. The average molecular weight is 353 g/mol. The maximum Gasteiger partial charge on any atom is 0.231 e. The van der Waals surface area contributed by atoms with E-state index in [1.54, 1.807) is 12.4 Å². The van der Waals surface area contributed by atoms with E-state index >= 15 is 0 Å². The van der Waals surface area contributed by atoms with Crippen LogP contribution in [0.3, 0.4) is 0 Å². The second-order valence-electron chi connectivity index (χ2n) is 8.08. The minimum atomic E-state index is -0.335. The standard InChI is InChI=1S/C20H27N5O/c1-15(2)25-12-18(22-14-25)17-11-23(3)13-20(17)6-9-24(19(20)26)10-16-4-7-21-8-5-16/h4-5,7-8,12,14-15,17H,6,9-11,13H2,1-3H3/t17-,20-/m0/s1. The molecule has 26 heavy (non-hydrogen) atoms. The van der Waals surface area contributed by atoms with Gasteiger partial charge in [0.15, 0.2) is 0 Å². The molecule has 0 bridgehead atoms. The fraction of sp³-hybridized carbons (Fsp3) is 0.550. The molecule has 2 aliphatic heterocycles. The molecular weight excluding hydrogens is 326 g/mol. The molecule has 2 aromatic rings. The van der Waals surface area contributed by atoms with E-state index in [4.69, 9.17) is 0 Å². The van der Waals surface area contributed by atoms with Crippen LogP contribution < -0.4 is 0 Å². The van der Waals surface area contributed by atoms with Crippen molar-refractivity contribution in [2.75, 3.05) is 26.7 Å². The van der Waals surface area contributed by atoms with Crippen molar-refractivity contribution in [3.63, 3.8) is 0 Å². The van der Waals surface area contributed by atoms with Crippen LogP contribution in [0.4, 0.5) is 0 Å². The Morgan fingerprint density at radius 2 is 2.08 bits per heavy atom. The molecule has 2 saturated heterocycles. The Bertz CT molecular complexity index is 787. The number of hydrogen-bond acceptors (Lipinski definition) is 4. The average Bonchev–Trinajstić information content (AvgIpc) is 3.30. The summed E-state index contributed by atoms with van der Waals surface area (Å²) in [4.78, 5) is 26.5. The molecule has 0 radical (unpaired) electrons. The third-order valence-electron chi connectivity index (χ3n) is 5.95. The number of carbonyl (C=O) groups excluding carboxylic acids is 1. The fourth-order valence-electron chi connectivity index (χ4n) is 4.52. The number of amides is 1. The first kappa shape index (κ1) is 17.2. The molecule has 6 nitrogen and oxygen atoms in total. The topological polar surface area (TPSA) is 54.3 Å². The first-order valence-electron chi connectivity index (χ1n) is 9.40. The molecule has 1 spiro atoms. The highest BCUT2D eigenvalue weighted by molar-refractivity contribution is 5.86. The molecule has 2 aliphatic rings. The molecule has 0 aliphatic carbocycles. The van der Waals surface area contributed by atoms with Crippen molar-refractivity contribution in [2.45, 2.75) is 38.8 Å². The maximum absolute atomic E-state index is 13.5. The first-order valence-corrected chi connectivity index (χ1v) is 9.40. The van der Waals surface area contributed by atoms with E-state index in [1.807, 2.05) is 23.4 Å². The summed E-state index contributed by atoms with van der Waals surface area (Å²) in [5.41, 5.74) is 1.86. The third-order valence-corrected chi connectivity index (χ3v) is 5.95. The summed E-state index contributed by atoms with van der Waals surface area (Å²) >= 11 is 0. The molecule has 0 unspecified atom stereocenters. The van der Waals surface area contributed by atoms with Gasteiger partial charge in [-0.1, -0.05) is 0 Å². The van der Waals surface area contributed by atoms with Gasteiger partial charge in [-0.2, -0.15) is 0 Å². The third kappa shape index (κ3) is 2.82. The van der Waals surface area contributed by atoms with Gasteiger partial charge in [0.1, 0.15) is 0 Å². The fourth-order valence-corrected chi connectivity index (χ4v) is 4.52. The Hall–Kier alpha value is -2.21. The zero-order chi connectivity index (χ0) is 18.3. The van der Waals surface area contributed by atoms with Crippen LogP contribution in [0.25, 0.3) is 0 Å². The van der Waals surface area contributed by atoms with Gasteiger partial charge in [-0.15, -0.1) is 0 Å². The van der Waals surface area contributed by atoms with Crippen LogP contribution in [0, 0.1) is 5.41 Å². The van der Waals surface area contributed by atoms with Gasteiger partial charge in [0, 0.05) is 56.7 Å². The lowest BCUT2D eigenvalue weighted by Crippen LogP contribution is -2.39. The minimum absolute atomic E-state index is 0.169. The summed E-state index contributed by atoms with van der Waals surface area (Å²) in [7, 11) is 2.11. The number of aromatic nitrogens is 3. The number of rotatable bonds is 4. The largest absolute Gasteiger partial charge is 0.338 e. The molecule has 1 amide bonds. The van der Waals surface area contributed by atoms with Gasteiger partial charge < -0.3 is 14.4 Å². The predicted molar refractivity (Wildman–Crippen MR) is 99.6 cm³/mol. The first-order chi connectivity index (χ1) is 12.5. The smallest absolute Gasteiger partial charge is 0.231 e. The molecule has 4 rings (SSSR count). The van der Waals surface area contributed by atoms with E-state index in [0.29, 0.717) is 12.6 Å². The number of hydrogen-bond donors (Lipinski definition) is 0. The lowest BCUT2D eigenvalue weighted by molar-refractivity contribution is -0.136. The van der Waals surface area contributed by atoms with Gasteiger partial charge in [0.05, 0.1) is 17.4 Å². The second-order valence-corrected chi connectivity index (χ2v) is 8.08. The molecular formula is C20H27N5O. The number of imidazole rings is 1. The van der Waals surface area contributed by atoms with E-state index in [-0.39, 0.29) is 17.2 Å². The van der Waals surface area contributed by atoms with Crippen molar-refractivity contribution in [3.05, 3.63) is 48.3 Å². The highest BCUT2D eigenvalue weighted by atomic mass is 16.2. The van der Waals surface area contributed by atoms with Gasteiger partial charge in [-0.25, -0.2) is 4.98 Å². The maximum atomic E-state index is 13.5. The molecule has 2 aromatic heterocycles. The van der Waals surface area contributed by atoms with E-state index in [2.05, 4.69) is 46.5 Å². The summed E-state index contributed by atoms with van der Waals surface area (Å²) in [5, 5.41) is 0. The Morgan fingerprint density at radius 1 is 1.31 bits per heavy atom. The van der Waals surface area contributed by atoms with Gasteiger partial charge >= 0.3 is 0 Å². The monoisotopic (exact) mass is 353 g/mol. The molecule has 2 atom stereocenters. The molecule has 0 aromatic carbocycles. The van der Waals surface area contributed by atoms with E-state index in [1.165, 1.54) is 0 Å². The van der Waals surface area contributed by atoms with E-state index in [9.17, 15) is 4.79 Å². The molecule has 0 saturated carbocycles. The highest BCUT2D eigenvalue weighted by Gasteiger charge is 2.57. The van der Waals surface area contributed by atoms with Crippen molar-refractivity contribution < 1.29 is 4.79 Å². The van der Waals surface area contributed by atoms with Gasteiger partial charge in [-0.05, 0) is 45.0 Å². The Balaban J connectivity index is 1.60. The molecule has 2 fully saturated rings. The van der Waals surface area contributed by atoms with E-state index < -0.39 is 0 Å². The number of carbonyl (C=O) groups is 1. The van der Waals surface area contributed by atoms with Gasteiger partial charge in [0.2, 0.25) is 5.91 Å². The quantitative estimate of drug-likeness (QED) is 0.846. The summed E-state index contributed by atoms with van der Waals surface area (Å²) < 4.78 is 2.13. The van der Waals surface area contributed by atoms with Crippen LogP contribution in [0.1, 0.15) is 43.5 Å². The Morgan fingerprint density at radius 3 is 2.77 bits per heavy atom. The Labute approximate surface area is 154 Å². The molecule has 6 heteroatoms. The molecule has 138 valence electrons. The van der Waals surface area contributed by atoms with Gasteiger partial charge in [-0.3, -0.25) is 9.78 Å². The highest BCUT2D eigenvalue weighted by Crippen LogP contribution is 2.49. The van der Waals surface area contributed by atoms with Crippen LogP contribution in [0.15, 0.2) is 37.1 Å². The second kappa shape index (κ2) is 6.50. The predicted octanol–water partition coefficient (Wildman–Crippen LogP) is 2.31. The SMILES string of the molecule is CC(C)n1cnc([C@@H]2CN(C)C[C@@]23CCN(Cc2ccncc2)C3=O)c1. The lowest BCUT2D eigenvalue weighted by atomic mass is 9.75. The van der Waals surface area contributed by atoms with Crippen LogP contribution in [0.2, 0.25) is 0 Å². The summed E-state index contributed by atoms with van der Waals surface area (Å²) in [5.74, 6) is 0.449. The van der Waals surface area contributed by atoms with Gasteiger partial charge in [0.25, 0.3) is 0 Å². The summed E-state index contributed by atoms with van der Waals surface area (Å²) in [6, 6.07) is 4.36. The molecule has 4 heterocycles. The number of likely N-dealkylation sites (tertiary alicyclic amines) is 2. The zero-order valence-electron chi connectivity index (χ0n) is 15.8. The minimum Gasteiger partial charge on any atom is -0.338 e. The van der Waals surface area contributed by atoms with Crippen LogP contribution in [-0.4, -0.2) is 56.9 Å². The van der Waals surface area contributed by atoms with Crippen LogP contribution >= 0.6 is 0 Å². The zero-order valence-corrected chi connectivity index (χ0v) is 15.8. The van der Waals surface area contributed by atoms with Crippen LogP contribution in [-0.2, 0) is 11.3 Å². The van der Waals surface area contributed by atoms with E-state index in [0.717, 1.165) is 37.3 Å². The van der Waals surface area contributed by atoms with Crippen molar-refractivity contribution >= 4 is 5.91 Å². The van der Waals surface area contributed by atoms with Crippen molar-refractivity contribution in [2.24, 2.45) is 5.41 Å². The Kier molecular flexibility index (Phi) is 4.31. The normalized spacial score (nSPS) is 26.5. The van der Waals surface area contributed by atoms with Crippen molar-refractivity contribution in [1.29, 1.82) is 0 Å². The van der Waals surface area contributed by atoms with Crippen LogP contribution in [0.5, 0.6) is 0 Å².